The number of hydrogen-bond donors (Lipinski definition) is 2. The van der Waals surface area contributed by atoms with Gasteiger partial charge < -0.3 is 15.7 Å². The molecule has 0 spiro atoms. The van der Waals surface area contributed by atoms with Crippen molar-refractivity contribution >= 4 is 5.84 Å². The summed E-state index contributed by atoms with van der Waals surface area (Å²) in [4.78, 5) is 2.12. The van der Waals surface area contributed by atoms with Crippen LogP contribution in [0.3, 0.4) is 0 Å². The molecule has 0 rings (SSSR count). The fourth-order valence-corrected chi connectivity index (χ4v) is 1.36. The second-order valence-corrected chi connectivity index (χ2v) is 4.95. The third-order valence-electron chi connectivity index (χ3n) is 2.59. The van der Waals surface area contributed by atoms with Crippen molar-refractivity contribution in [1.29, 1.82) is 0 Å². The number of nitrogens with two attached hydrogens (primary N) is 1. The quantitative estimate of drug-likeness (QED) is 0.212. The van der Waals surface area contributed by atoms with Gasteiger partial charge in [0.2, 0.25) is 0 Å². The van der Waals surface area contributed by atoms with Gasteiger partial charge in [0.05, 0.1) is 13.2 Å². The molecule has 3 N–H and O–H groups in total. The Labute approximate surface area is 105 Å². The van der Waals surface area contributed by atoms with Crippen molar-refractivity contribution in [3.05, 3.63) is 0 Å². The Bertz CT molecular complexity index is 218. The number of hydrogen-bond acceptors (Lipinski definition) is 4. The number of oxime groups is 1. The van der Waals surface area contributed by atoms with Crippen molar-refractivity contribution in [2.45, 2.75) is 40.2 Å². The van der Waals surface area contributed by atoms with Crippen molar-refractivity contribution < 1.29 is 9.94 Å². The molecular formula is C12H27N3O2. The zero-order valence-corrected chi connectivity index (χ0v) is 11.5. The van der Waals surface area contributed by atoms with Crippen molar-refractivity contribution in [3.8, 4) is 0 Å². The van der Waals surface area contributed by atoms with Gasteiger partial charge in [-0.15, -0.1) is 0 Å². The minimum Gasteiger partial charge on any atom is -0.409 e. The van der Waals surface area contributed by atoms with Crippen molar-refractivity contribution in [1.82, 2.24) is 4.90 Å². The van der Waals surface area contributed by atoms with E-state index in [0.717, 1.165) is 19.6 Å². The van der Waals surface area contributed by atoms with Crippen LogP contribution in [0.2, 0.25) is 0 Å². The average Bonchev–Trinajstić information content (AvgIpc) is 2.26. The summed E-state index contributed by atoms with van der Waals surface area (Å²) in [5.74, 6) is 0.911. The van der Waals surface area contributed by atoms with Gasteiger partial charge in [-0.25, -0.2) is 0 Å². The van der Waals surface area contributed by atoms with Gasteiger partial charge in [0.25, 0.3) is 0 Å². The highest BCUT2D eigenvalue weighted by Crippen LogP contribution is 2.00. The summed E-state index contributed by atoms with van der Waals surface area (Å²) < 4.78 is 5.56. The standard InChI is InChI=1S/C12H27N3O2/c1-10(2)5-7-17-8-6-15(11(3)4)9-12(13)14-16/h10-11,16H,5-9H2,1-4H3,(H2,13,14). The van der Waals surface area contributed by atoms with Crippen LogP contribution in [0.1, 0.15) is 34.1 Å². The summed E-state index contributed by atoms with van der Waals surface area (Å²) in [5, 5.41) is 11.5. The first-order valence-corrected chi connectivity index (χ1v) is 6.25. The van der Waals surface area contributed by atoms with Crippen LogP contribution < -0.4 is 5.73 Å². The normalized spacial score (nSPS) is 13.0. The van der Waals surface area contributed by atoms with E-state index in [0.29, 0.717) is 25.1 Å². The maximum absolute atomic E-state index is 8.54. The fourth-order valence-electron chi connectivity index (χ4n) is 1.36. The van der Waals surface area contributed by atoms with E-state index in [4.69, 9.17) is 15.7 Å². The van der Waals surface area contributed by atoms with Crippen LogP contribution in [0.4, 0.5) is 0 Å². The molecule has 0 aliphatic heterocycles. The average molecular weight is 245 g/mol. The number of nitrogens with zero attached hydrogens (tertiary/aromatic N) is 2. The van der Waals surface area contributed by atoms with Crippen LogP contribution >= 0.6 is 0 Å². The van der Waals surface area contributed by atoms with E-state index >= 15 is 0 Å². The predicted octanol–water partition coefficient (Wildman–Crippen LogP) is 1.51. The van der Waals surface area contributed by atoms with Gasteiger partial charge in [-0.3, -0.25) is 4.90 Å². The maximum Gasteiger partial charge on any atom is 0.153 e. The molecule has 0 aliphatic rings. The SMILES string of the molecule is CC(C)CCOCCN(CC(N)=NO)C(C)C. The molecule has 0 fully saturated rings. The Balaban J connectivity index is 3.78. The van der Waals surface area contributed by atoms with Gasteiger partial charge in [-0.2, -0.15) is 0 Å². The Morgan fingerprint density at radius 1 is 1.29 bits per heavy atom. The monoisotopic (exact) mass is 245 g/mol. The van der Waals surface area contributed by atoms with Gasteiger partial charge in [0.15, 0.2) is 5.84 Å². The van der Waals surface area contributed by atoms with E-state index in [-0.39, 0.29) is 5.84 Å². The van der Waals surface area contributed by atoms with Crippen LogP contribution in [0.25, 0.3) is 0 Å². The Kier molecular flexibility index (Phi) is 8.80. The molecule has 0 aromatic carbocycles. The third-order valence-corrected chi connectivity index (χ3v) is 2.59. The van der Waals surface area contributed by atoms with Crippen LogP contribution in [0, 0.1) is 5.92 Å². The highest BCUT2D eigenvalue weighted by molar-refractivity contribution is 5.81. The first-order valence-electron chi connectivity index (χ1n) is 6.25. The smallest absolute Gasteiger partial charge is 0.153 e. The van der Waals surface area contributed by atoms with Crippen LogP contribution in [-0.2, 0) is 4.74 Å². The van der Waals surface area contributed by atoms with Gasteiger partial charge in [-0.05, 0) is 26.2 Å². The second-order valence-electron chi connectivity index (χ2n) is 4.95. The molecule has 5 nitrogen and oxygen atoms in total. The van der Waals surface area contributed by atoms with Crippen molar-refractivity contribution in [2.24, 2.45) is 16.8 Å². The molecule has 0 bridgehead atoms. The molecule has 102 valence electrons. The second kappa shape index (κ2) is 9.24. The first-order chi connectivity index (χ1) is 7.97. The van der Waals surface area contributed by atoms with E-state index in [2.05, 4.69) is 37.8 Å². The van der Waals surface area contributed by atoms with E-state index in [1.54, 1.807) is 0 Å². The molecule has 0 heterocycles. The maximum atomic E-state index is 8.54. The topological polar surface area (TPSA) is 71.1 Å². The van der Waals surface area contributed by atoms with Crippen LogP contribution in [-0.4, -0.2) is 48.3 Å². The Morgan fingerprint density at radius 3 is 2.41 bits per heavy atom. The lowest BCUT2D eigenvalue weighted by Crippen LogP contribution is -2.40. The minimum absolute atomic E-state index is 0.237. The Hall–Kier alpha value is -0.810. The number of rotatable bonds is 9. The highest BCUT2D eigenvalue weighted by atomic mass is 16.5. The van der Waals surface area contributed by atoms with Gasteiger partial charge >= 0.3 is 0 Å². The molecular weight excluding hydrogens is 218 g/mol. The van der Waals surface area contributed by atoms with E-state index in [1.807, 2.05) is 0 Å². The molecule has 0 unspecified atom stereocenters. The molecule has 0 saturated heterocycles. The van der Waals surface area contributed by atoms with Crippen molar-refractivity contribution in [3.63, 3.8) is 0 Å². The molecule has 0 aromatic rings. The molecule has 0 amide bonds. The molecule has 0 saturated carbocycles. The largest absolute Gasteiger partial charge is 0.409 e. The Morgan fingerprint density at radius 2 is 1.94 bits per heavy atom. The molecule has 0 aromatic heterocycles. The summed E-state index contributed by atoms with van der Waals surface area (Å²) in [6, 6.07) is 0.351. The minimum atomic E-state index is 0.237. The molecule has 0 radical (unpaired) electrons. The predicted molar refractivity (Wildman–Crippen MR) is 70.4 cm³/mol. The lowest BCUT2D eigenvalue weighted by Gasteiger charge is -2.25. The molecule has 0 aliphatic carbocycles. The lowest BCUT2D eigenvalue weighted by atomic mass is 10.1. The van der Waals surface area contributed by atoms with Crippen LogP contribution in [0.15, 0.2) is 5.16 Å². The summed E-state index contributed by atoms with van der Waals surface area (Å²) in [5.41, 5.74) is 5.50. The van der Waals surface area contributed by atoms with E-state index in [9.17, 15) is 0 Å². The fraction of sp³-hybridized carbons (Fsp3) is 0.917. The van der Waals surface area contributed by atoms with Gasteiger partial charge in [0.1, 0.15) is 0 Å². The zero-order chi connectivity index (χ0) is 13.3. The van der Waals surface area contributed by atoms with Crippen LogP contribution in [0.5, 0.6) is 0 Å². The lowest BCUT2D eigenvalue weighted by molar-refractivity contribution is 0.0917. The van der Waals surface area contributed by atoms with Gasteiger partial charge in [-0.1, -0.05) is 19.0 Å². The summed E-state index contributed by atoms with van der Waals surface area (Å²) >= 11 is 0. The third kappa shape index (κ3) is 8.94. The highest BCUT2D eigenvalue weighted by Gasteiger charge is 2.11. The summed E-state index contributed by atoms with van der Waals surface area (Å²) in [7, 11) is 0. The van der Waals surface area contributed by atoms with E-state index < -0.39 is 0 Å². The van der Waals surface area contributed by atoms with Crippen molar-refractivity contribution in [2.75, 3.05) is 26.3 Å². The van der Waals surface area contributed by atoms with Gasteiger partial charge in [0, 0.05) is 19.2 Å². The number of amidine groups is 1. The molecule has 0 atom stereocenters. The molecule has 5 heteroatoms. The summed E-state index contributed by atoms with van der Waals surface area (Å²) in [6.45, 7) is 11.3. The molecule has 17 heavy (non-hydrogen) atoms. The number of ether oxygens (including phenoxy) is 1. The zero-order valence-electron chi connectivity index (χ0n) is 11.5. The van der Waals surface area contributed by atoms with E-state index in [1.165, 1.54) is 0 Å². The summed E-state index contributed by atoms with van der Waals surface area (Å²) in [6.07, 6.45) is 1.09. The first kappa shape index (κ1) is 16.2.